The van der Waals surface area contributed by atoms with E-state index >= 15 is 0 Å². The van der Waals surface area contributed by atoms with Gasteiger partial charge in [-0.3, -0.25) is 28.8 Å². The molecule has 6 rings (SSSR count). The number of carbonyl (C=O) groups excluding carboxylic acids is 5. The minimum Gasteiger partial charge on any atom is -0.497 e. The van der Waals surface area contributed by atoms with Crippen LogP contribution in [0.15, 0.2) is 70.5 Å². The fraction of sp³-hybridized carbons (Fsp3) is 0.303. The van der Waals surface area contributed by atoms with Crippen LogP contribution in [0, 0.1) is 0 Å². The number of imide groups is 2. The molecule has 4 heterocycles. The van der Waals surface area contributed by atoms with Crippen LogP contribution in [-0.4, -0.2) is 75.4 Å². The lowest BCUT2D eigenvalue weighted by atomic mass is 10.2. The number of amides is 4. The minimum absolute atomic E-state index is 0.0978. The van der Waals surface area contributed by atoms with Crippen molar-refractivity contribution in [1.82, 2.24) is 18.9 Å². The summed E-state index contributed by atoms with van der Waals surface area (Å²) in [7, 11) is 2.91. The number of ether oxygens (including phenoxy) is 4. The highest BCUT2D eigenvalue weighted by Crippen LogP contribution is 2.25. The molecule has 0 aliphatic carbocycles. The standard InChI is InChI=1S/C33H30N4O11/c1-45-19-3-5-23-21(15-19)25(38)11-13-34(23)17-31(36-27(40)7-8-28(36)41)47-33(44)48-32(37-29(42)9-10-30(37)43)18-35-14-12-26(39)22-16-20(46-2)4-6-24(22)35/h3-6,11-16,31-32H,7-10,17-18H2,1-2H3. The van der Waals surface area contributed by atoms with E-state index in [1.807, 2.05) is 0 Å². The predicted molar refractivity (Wildman–Crippen MR) is 167 cm³/mol. The maximum Gasteiger partial charge on any atom is 0.512 e. The maximum absolute atomic E-state index is 13.5. The van der Waals surface area contributed by atoms with Crippen molar-refractivity contribution in [3.63, 3.8) is 0 Å². The van der Waals surface area contributed by atoms with Crippen molar-refractivity contribution in [2.45, 2.75) is 51.2 Å². The van der Waals surface area contributed by atoms with Gasteiger partial charge in [-0.25, -0.2) is 14.6 Å². The molecule has 0 radical (unpaired) electrons. The molecule has 2 aliphatic rings. The number of likely N-dealkylation sites (tertiary alicyclic amines) is 2. The van der Waals surface area contributed by atoms with Gasteiger partial charge in [-0.15, -0.1) is 0 Å². The largest absolute Gasteiger partial charge is 0.512 e. The summed E-state index contributed by atoms with van der Waals surface area (Å²) >= 11 is 0. The summed E-state index contributed by atoms with van der Waals surface area (Å²) in [6, 6.07) is 12.1. The lowest BCUT2D eigenvalue weighted by molar-refractivity contribution is -0.157. The first-order valence-corrected chi connectivity index (χ1v) is 15.0. The number of methoxy groups -OCH3 is 2. The molecule has 48 heavy (non-hydrogen) atoms. The highest BCUT2D eigenvalue weighted by atomic mass is 16.7. The Balaban J connectivity index is 1.32. The molecule has 15 nitrogen and oxygen atoms in total. The second kappa shape index (κ2) is 13.0. The van der Waals surface area contributed by atoms with Gasteiger partial charge in [0.1, 0.15) is 11.5 Å². The average molecular weight is 659 g/mol. The van der Waals surface area contributed by atoms with Crippen molar-refractivity contribution in [3.8, 4) is 11.5 Å². The van der Waals surface area contributed by atoms with Crippen molar-refractivity contribution in [2.24, 2.45) is 0 Å². The molecular formula is C33H30N4O11. The average Bonchev–Trinajstić information content (AvgIpc) is 3.60. The first-order chi connectivity index (χ1) is 23.1. The van der Waals surface area contributed by atoms with Gasteiger partial charge >= 0.3 is 6.16 Å². The third-order valence-electron chi connectivity index (χ3n) is 8.30. The van der Waals surface area contributed by atoms with Crippen LogP contribution in [0.3, 0.4) is 0 Å². The van der Waals surface area contributed by atoms with Gasteiger partial charge in [0.05, 0.1) is 38.3 Å². The van der Waals surface area contributed by atoms with E-state index in [0.29, 0.717) is 22.5 Å². The Bertz CT molecular complexity index is 1920. The van der Waals surface area contributed by atoms with Gasteiger partial charge in [-0.2, -0.15) is 0 Å². The number of carbonyl (C=O) groups is 5. The van der Waals surface area contributed by atoms with Gasteiger partial charge in [0, 0.05) is 61.0 Å². The van der Waals surface area contributed by atoms with Crippen LogP contribution in [0.1, 0.15) is 25.7 Å². The summed E-state index contributed by atoms with van der Waals surface area (Å²) in [5, 5.41) is 0.573. The van der Waals surface area contributed by atoms with Crippen molar-refractivity contribution in [2.75, 3.05) is 14.2 Å². The van der Waals surface area contributed by atoms with Crippen molar-refractivity contribution in [1.29, 1.82) is 0 Å². The highest BCUT2D eigenvalue weighted by Gasteiger charge is 2.41. The summed E-state index contributed by atoms with van der Waals surface area (Å²) in [6.07, 6.45) is -1.92. The van der Waals surface area contributed by atoms with E-state index in [9.17, 15) is 33.6 Å². The van der Waals surface area contributed by atoms with Crippen LogP contribution in [-0.2, 0) is 41.7 Å². The minimum atomic E-state index is -1.51. The number of hydrogen-bond acceptors (Lipinski definition) is 11. The highest BCUT2D eigenvalue weighted by molar-refractivity contribution is 6.03. The molecule has 2 aliphatic heterocycles. The summed E-state index contributed by atoms with van der Waals surface area (Å²) in [5.74, 6) is -1.46. The van der Waals surface area contributed by atoms with Gasteiger partial charge in [0.2, 0.25) is 36.1 Å². The topological polar surface area (TPSA) is 173 Å². The van der Waals surface area contributed by atoms with Crippen molar-refractivity contribution in [3.05, 3.63) is 81.4 Å². The van der Waals surface area contributed by atoms with Crippen LogP contribution in [0.4, 0.5) is 4.79 Å². The second-order valence-corrected chi connectivity index (χ2v) is 11.1. The normalized spacial score (nSPS) is 16.1. The Morgan fingerprint density at radius 3 is 1.33 bits per heavy atom. The Kier molecular flexibility index (Phi) is 8.67. The third-order valence-corrected chi connectivity index (χ3v) is 8.30. The van der Waals surface area contributed by atoms with E-state index in [-0.39, 0.29) is 60.4 Å². The molecule has 2 aromatic heterocycles. The fourth-order valence-corrected chi connectivity index (χ4v) is 5.91. The monoisotopic (exact) mass is 658 g/mol. The number of pyridine rings is 2. The van der Waals surface area contributed by atoms with Crippen molar-refractivity contribution < 1.29 is 42.9 Å². The number of fused-ring (bicyclic) bond motifs is 2. The van der Waals surface area contributed by atoms with E-state index < -0.39 is 42.2 Å². The van der Waals surface area contributed by atoms with Crippen LogP contribution in [0.2, 0.25) is 0 Å². The molecule has 2 fully saturated rings. The molecule has 0 bridgehead atoms. The van der Waals surface area contributed by atoms with Gasteiger partial charge in [0.25, 0.3) is 0 Å². The SMILES string of the molecule is COc1ccc2c(c1)c(=O)ccn2CC(OC(=O)OC(Cn1ccc(=O)c2cc(OC)ccc21)N1C(=O)CCC1=O)N1C(=O)CCC1=O. The zero-order valence-corrected chi connectivity index (χ0v) is 26.0. The lowest BCUT2D eigenvalue weighted by Crippen LogP contribution is -2.48. The van der Waals surface area contributed by atoms with Gasteiger partial charge in [-0.1, -0.05) is 0 Å². The summed E-state index contributed by atoms with van der Waals surface area (Å²) in [5.41, 5.74) is 0.220. The van der Waals surface area contributed by atoms with E-state index in [2.05, 4.69) is 0 Å². The molecule has 2 atom stereocenters. The first kappa shape index (κ1) is 32.0. The molecule has 0 saturated carbocycles. The summed E-state index contributed by atoms with van der Waals surface area (Å²) < 4.78 is 24.8. The lowest BCUT2D eigenvalue weighted by Gasteiger charge is -2.30. The van der Waals surface area contributed by atoms with Crippen LogP contribution in [0.5, 0.6) is 11.5 Å². The molecule has 2 aromatic carbocycles. The summed E-state index contributed by atoms with van der Waals surface area (Å²) in [4.78, 5) is 91.7. The number of nitrogens with zero attached hydrogens (tertiary/aromatic N) is 4. The molecule has 248 valence electrons. The smallest absolute Gasteiger partial charge is 0.497 e. The first-order valence-electron chi connectivity index (χ1n) is 15.0. The number of hydrogen-bond donors (Lipinski definition) is 0. The number of rotatable bonds is 10. The molecule has 2 unspecified atom stereocenters. The molecule has 0 spiro atoms. The Morgan fingerprint density at radius 1 is 0.604 bits per heavy atom. The molecule has 0 N–H and O–H groups in total. The Labute approximate surface area is 271 Å². The molecule has 4 aromatic rings. The van der Waals surface area contributed by atoms with Gasteiger partial charge in [-0.05, 0) is 36.4 Å². The van der Waals surface area contributed by atoms with Crippen LogP contribution >= 0.6 is 0 Å². The zero-order valence-electron chi connectivity index (χ0n) is 26.0. The van der Waals surface area contributed by atoms with Crippen LogP contribution < -0.4 is 20.3 Å². The second-order valence-electron chi connectivity index (χ2n) is 11.1. The Morgan fingerprint density at radius 2 is 0.979 bits per heavy atom. The molecule has 15 heteroatoms. The van der Waals surface area contributed by atoms with E-state index in [0.717, 1.165) is 9.80 Å². The van der Waals surface area contributed by atoms with E-state index in [1.165, 1.54) is 50.9 Å². The molecule has 2 saturated heterocycles. The van der Waals surface area contributed by atoms with Gasteiger partial charge < -0.3 is 28.1 Å². The number of aromatic nitrogens is 2. The zero-order chi connectivity index (χ0) is 34.1. The summed E-state index contributed by atoms with van der Waals surface area (Å²) in [6.45, 7) is -0.539. The van der Waals surface area contributed by atoms with E-state index in [4.69, 9.17) is 18.9 Å². The molecular weight excluding hydrogens is 628 g/mol. The predicted octanol–water partition coefficient (Wildman–Crippen LogP) is 2.14. The van der Waals surface area contributed by atoms with Gasteiger partial charge in [0.15, 0.2) is 10.9 Å². The fourth-order valence-electron chi connectivity index (χ4n) is 5.91. The van der Waals surface area contributed by atoms with Crippen LogP contribution in [0.25, 0.3) is 21.8 Å². The third kappa shape index (κ3) is 6.09. The van der Waals surface area contributed by atoms with Crippen molar-refractivity contribution >= 4 is 51.6 Å². The Hall–Kier alpha value is -5.99. The number of benzene rings is 2. The van der Waals surface area contributed by atoms with E-state index in [1.54, 1.807) is 33.4 Å². The quantitative estimate of drug-likeness (QED) is 0.181. The maximum atomic E-state index is 13.5. The molecule has 4 amide bonds.